The summed E-state index contributed by atoms with van der Waals surface area (Å²) < 4.78 is 60.1. The molecule has 0 saturated heterocycles. The predicted octanol–water partition coefficient (Wildman–Crippen LogP) is 5.08. The number of imidazole rings is 1. The van der Waals surface area contributed by atoms with Crippen LogP contribution in [-0.2, 0) is 15.2 Å². The van der Waals surface area contributed by atoms with Crippen LogP contribution in [0.4, 0.5) is 17.6 Å². The second kappa shape index (κ2) is 11.0. The zero-order valence-electron chi connectivity index (χ0n) is 15.7. The quantitative estimate of drug-likeness (QED) is 0.244. The van der Waals surface area contributed by atoms with Crippen LogP contribution in [0.15, 0.2) is 46.6 Å². The van der Waals surface area contributed by atoms with Crippen LogP contribution >= 0.6 is 23.5 Å². The molecule has 0 aliphatic heterocycles. The van der Waals surface area contributed by atoms with E-state index in [1.165, 1.54) is 23.5 Å². The van der Waals surface area contributed by atoms with Crippen LogP contribution in [0.1, 0.15) is 5.69 Å². The summed E-state index contributed by atoms with van der Waals surface area (Å²) in [4.78, 5) is 12.2. The van der Waals surface area contributed by atoms with Crippen molar-refractivity contribution in [2.45, 2.75) is 22.0 Å². The van der Waals surface area contributed by atoms with Gasteiger partial charge in [-0.3, -0.25) is 4.98 Å². The Morgan fingerprint density at radius 1 is 1.00 bits per heavy atom. The van der Waals surface area contributed by atoms with Crippen molar-refractivity contribution in [3.05, 3.63) is 48.0 Å². The number of nitrogens with zero attached hydrogens (tertiary/aromatic N) is 2. The molecule has 0 atom stereocenters. The number of hydrogen-bond acceptors (Lipinski definition) is 6. The van der Waals surface area contributed by atoms with Gasteiger partial charge in [0.05, 0.1) is 36.5 Å². The standard InChI is InChI=1S/C19H19F4N3O2S2/c20-17-15(11-30-18-25-13-3-1-2-4-14(13)26-18)24-6-5-16(17)29-10-9-27-7-8-28-12-19(21,22)23/h1-6H,7-12H2,(H,25,26). The van der Waals surface area contributed by atoms with E-state index in [-0.39, 0.29) is 25.6 Å². The maximum absolute atomic E-state index is 14.7. The highest BCUT2D eigenvalue weighted by Crippen LogP contribution is 2.27. The minimum atomic E-state index is -4.34. The van der Waals surface area contributed by atoms with Crippen molar-refractivity contribution in [2.24, 2.45) is 0 Å². The highest BCUT2D eigenvalue weighted by molar-refractivity contribution is 7.99. The molecule has 3 rings (SSSR count). The molecule has 3 aromatic rings. The van der Waals surface area contributed by atoms with Crippen LogP contribution in [-0.4, -0.2) is 53.3 Å². The van der Waals surface area contributed by atoms with E-state index in [0.717, 1.165) is 11.0 Å². The Morgan fingerprint density at radius 3 is 2.60 bits per heavy atom. The number of halogens is 4. The Labute approximate surface area is 179 Å². The van der Waals surface area contributed by atoms with Crippen LogP contribution in [0, 0.1) is 5.82 Å². The average Bonchev–Trinajstić information content (AvgIpc) is 3.12. The van der Waals surface area contributed by atoms with Crippen molar-refractivity contribution < 1.29 is 27.0 Å². The number of nitrogens with one attached hydrogen (secondary N) is 1. The largest absolute Gasteiger partial charge is 0.411 e. The van der Waals surface area contributed by atoms with Gasteiger partial charge in [-0.1, -0.05) is 23.9 Å². The lowest BCUT2D eigenvalue weighted by molar-refractivity contribution is -0.176. The summed E-state index contributed by atoms with van der Waals surface area (Å²) in [5.74, 6) is 0.392. The molecule has 0 amide bonds. The third-order valence-electron chi connectivity index (χ3n) is 3.76. The third kappa shape index (κ3) is 7.15. The average molecular weight is 462 g/mol. The molecule has 0 radical (unpaired) electrons. The summed E-state index contributed by atoms with van der Waals surface area (Å²) in [6.07, 6.45) is -2.79. The van der Waals surface area contributed by atoms with E-state index in [9.17, 15) is 17.6 Å². The molecule has 0 aliphatic carbocycles. The molecule has 0 bridgehead atoms. The van der Waals surface area contributed by atoms with Crippen molar-refractivity contribution in [1.29, 1.82) is 0 Å². The topological polar surface area (TPSA) is 60.0 Å². The third-order valence-corrected chi connectivity index (χ3v) is 5.64. The van der Waals surface area contributed by atoms with Crippen LogP contribution in [0.5, 0.6) is 0 Å². The highest BCUT2D eigenvalue weighted by Gasteiger charge is 2.27. The summed E-state index contributed by atoms with van der Waals surface area (Å²) in [5.41, 5.74) is 2.09. The normalized spacial score (nSPS) is 12.0. The van der Waals surface area contributed by atoms with Gasteiger partial charge < -0.3 is 14.5 Å². The summed E-state index contributed by atoms with van der Waals surface area (Å²) >= 11 is 2.63. The molecule has 0 fully saturated rings. The Morgan fingerprint density at radius 2 is 1.80 bits per heavy atom. The molecule has 30 heavy (non-hydrogen) atoms. The van der Waals surface area contributed by atoms with E-state index in [0.29, 0.717) is 27.3 Å². The van der Waals surface area contributed by atoms with Crippen molar-refractivity contribution in [1.82, 2.24) is 15.0 Å². The molecule has 1 aromatic carbocycles. The Hall–Kier alpha value is -1.82. The van der Waals surface area contributed by atoms with E-state index in [2.05, 4.69) is 19.7 Å². The Kier molecular flexibility index (Phi) is 8.37. The first kappa shape index (κ1) is 22.9. The Bertz CT molecular complexity index is 920. The zero-order chi connectivity index (χ0) is 21.4. The van der Waals surface area contributed by atoms with E-state index in [4.69, 9.17) is 4.74 Å². The first-order valence-electron chi connectivity index (χ1n) is 8.98. The van der Waals surface area contributed by atoms with Gasteiger partial charge in [-0.25, -0.2) is 9.37 Å². The molecular weight excluding hydrogens is 442 g/mol. The minimum Gasteiger partial charge on any atom is -0.378 e. The molecule has 1 N–H and O–H groups in total. The molecule has 2 heterocycles. The number of aromatic amines is 1. The number of H-pyrrole nitrogens is 1. The monoisotopic (exact) mass is 461 g/mol. The molecule has 162 valence electrons. The molecule has 5 nitrogen and oxygen atoms in total. The van der Waals surface area contributed by atoms with Gasteiger partial charge in [-0.15, -0.1) is 11.8 Å². The van der Waals surface area contributed by atoms with Gasteiger partial charge in [0.1, 0.15) is 6.61 Å². The summed E-state index contributed by atoms with van der Waals surface area (Å²) in [5, 5.41) is 0.691. The lowest BCUT2D eigenvalue weighted by Gasteiger charge is -2.09. The highest BCUT2D eigenvalue weighted by atomic mass is 32.2. The number of rotatable bonds is 11. The van der Waals surface area contributed by atoms with Gasteiger partial charge in [0, 0.05) is 22.6 Å². The van der Waals surface area contributed by atoms with Crippen molar-refractivity contribution in [2.75, 3.05) is 32.2 Å². The number of hydrogen-bond donors (Lipinski definition) is 1. The lowest BCUT2D eigenvalue weighted by Crippen LogP contribution is -2.19. The molecule has 0 saturated carbocycles. The molecule has 0 aliphatic rings. The second-order valence-electron chi connectivity index (χ2n) is 6.05. The predicted molar refractivity (Wildman–Crippen MR) is 108 cm³/mol. The van der Waals surface area contributed by atoms with E-state index < -0.39 is 12.8 Å². The van der Waals surface area contributed by atoms with Crippen LogP contribution in [0.2, 0.25) is 0 Å². The van der Waals surface area contributed by atoms with Gasteiger partial charge in [0.15, 0.2) is 11.0 Å². The Balaban J connectivity index is 1.41. The summed E-state index contributed by atoms with van der Waals surface area (Å²) in [6, 6.07) is 9.22. The first-order chi connectivity index (χ1) is 14.4. The van der Waals surface area contributed by atoms with E-state index in [1.807, 2.05) is 24.3 Å². The number of pyridine rings is 1. The SMILES string of the molecule is Fc1c(SCCOCCOCC(F)(F)F)ccnc1CSc1nc2ccccc2[nH]1. The van der Waals surface area contributed by atoms with Crippen LogP contribution in [0.3, 0.4) is 0 Å². The number of ether oxygens (including phenoxy) is 2. The second-order valence-corrected chi connectivity index (χ2v) is 8.15. The van der Waals surface area contributed by atoms with Crippen molar-refractivity contribution in [3.8, 4) is 0 Å². The van der Waals surface area contributed by atoms with Gasteiger partial charge in [0.25, 0.3) is 0 Å². The van der Waals surface area contributed by atoms with Gasteiger partial charge in [-0.2, -0.15) is 13.2 Å². The summed E-state index contributed by atoms with van der Waals surface area (Å²) in [6.45, 7) is -1.11. The van der Waals surface area contributed by atoms with E-state index >= 15 is 0 Å². The van der Waals surface area contributed by atoms with Crippen LogP contribution in [0.25, 0.3) is 11.0 Å². The fraction of sp³-hybridized carbons (Fsp3) is 0.368. The number of benzene rings is 1. The van der Waals surface area contributed by atoms with Gasteiger partial charge in [0.2, 0.25) is 0 Å². The maximum Gasteiger partial charge on any atom is 0.411 e. The maximum atomic E-state index is 14.7. The lowest BCUT2D eigenvalue weighted by atomic mass is 10.3. The number of fused-ring (bicyclic) bond motifs is 1. The van der Waals surface area contributed by atoms with Crippen LogP contribution < -0.4 is 0 Å². The van der Waals surface area contributed by atoms with Gasteiger partial charge >= 0.3 is 6.18 Å². The van der Waals surface area contributed by atoms with E-state index in [1.54, 1.807) is 12.3 Å². The molecule has 11 heteroatoms. The minimum absolute atomic E-state index is 0.0505. The number of thioether (sulfide) groups is 2. The van der Waals surface area contributed by atoms with Crippen molar-refractivity contribution >= 4 is 34.6 Å². The molecule has 0 unspecified atom stereocenters. The number of alkyl halides is 3. The zero-order valence-corrected chi connectivity index (χ0v) is 17.4. The molecule has 0 spiro atoms. The molecular formula is C19H19F4N3O2S2. The first-order valence-corrected chi connectivity index (χ1v) is 11.0. The molecule has 2 aromatic heterocycles. The fourth-order valence-electron chi connectivity index (χ4n) is 2.43. The smallest absolute Gasteiger partial charge is 0.378 e. The number of para-hydroxylation sites is 2. The van der Waals surface area contributed by atoms with Gasteiger partial charge in [-0.05, 0) is 18.2 Å². The summed E-state index contributed by atoms with van der Waals surface area (Å²) in [7, 11) is 0. The van der Waals surface area contributed by atoms with Crippen molar-refractivity contribution in [3.63, 3.8) is 0 Å². The fourth-order valence-corrected chi connectivity index (χ4v) is 4.07. The number of aromatic nitrogens is 3.